The molecule has 1 amide bonds. The summed E-state index contributed by atoms with van der Waals surface area (Å²) in [6, 6.07) is 7.60. The van der Waals surface area contributed by atoms with E-state index in [1.807, 2.05) is 0 Å². The molecule has 0 aliphatic heterocycles. The number of ether oxygens (including phenoxy) is 1. The lowest BCUT2D eigenvalue weighted by Crippen LogP contribution is -2.21. The second-order valence-corrected chi connectivity index (χ2v) is 6.49. The SMILES string of the molecule is Cc1ccc(Cl)c(NC(=O)COC(=O)c2cc(Cl)cc(Cl)c2)c1Cl. The van der Waals surface area contributed by atoms with Crippen molar-refractivity contribution in [3.05, 3.63) is 61.5 Å². The molecule has 4 nitrogen and oxygen atoms in total. The van der Waals surface area contributed by atoms with Crippen molar-refractivity contribution in [1.82, 2.24) is 0 Å². The van der Waals surface area contributed by atoms with Gasteiger partial charge in [0.1, 0.15) is 0 Å². The quantitative estimate of drug-likeness (QED) is 0.691. The normalized spacial score (nSPS) is 10.4. The van der Waals surface area contributed by atoms with E-state index < -0.39 is 18.5 Å². The zero-order valence-corrected chi connectivity index (χ0v) is 15.4. The maximum atomic E-state index is 11.9. The Hall–Kier alpha value is -1.46. The molecule has 0 unspecified atom stereocenters. The zero-order valence-electron chi connectivity index (χ0n) is 12.3. The van der Waals surface area contributed by atoms with E-state index >= 15 is 0 Å². The van der Waals surface area contributed by atoms with E-state index in [9.17, 15) is 9.59 Å². The van der Waals surface area contributed by atoms with Crippen molar-refractivity contribution < 1.29 is 14.3 Å². The van der Waals surface area contributed by atoms with Crippen molar-refractivity contribution in [3.63, 3.8) is 0 Å². The van der Waals surface area contributed by atoms with E-state index in [4.69, 9.17) is 51.1 Å². The van der Waals surface area contributed by atoms with Gasteiger partial charge in [-0.25, -0.2) is 4.79 Å². The molecule has 2 aromatic rings. The fraction of sp³-hybridized carbons (Fsp3) is 0.125. The van der Waals surface area contributed by atoms with Gasteiger partial charge in [0.15, 0.2) is 6.61 Å². The highest BCUT2D eigenvalue weighted by Gasteiger charge is 2.15. The van der Waals surface area contributed by atoms with Gasteiger partial charge in [0.2, 0.25) is 0 Å². The highest BCUT2D eigenvalue weighted by Crippen LogP contribution is 2.32. The van der Waals surface area contributed by atoms with Crippen LogP contribution in [0, 0.1) is 6.92 Å². The number of nitrogens with one attached hydrogen (secondary N) is 1. The van der Waals surface area contributed by atoms with E-state index in [2.05, 4.69) is 5.32 Å². The predicted octanol–water partition coefficient (Wildman–Crippen LogP) is 5.40. The van der Waals surface area contributed by atoms with Crippen LogP contribution in [-0.4, -0.2) is 18.5 Å². The number of carbonyl (C=O) groups excluding carboxylic acids is 2. The van der Waals surface area contributed by atoms with Gasteiger partial charge in [-0.2, -0.15) is 0 Å². The summed E-state index contributed by atoms with van der Waals surface area (Å²) in [6.45, 7) is 1.26. The number of hydrogen-bond acceptors (Lipinski definition) is 3. The van der Waals surface area contributed by atoms with Gasteiger partial charge in [-0.15, -0.1) is 0 Å². The van der Waals surface area contributed by atoms with Crippen LogP contribution < -0.4 is 5.32 Å². The molecule has 126 valence electrons. The summed E-state index contributed by atoms with van der Waals surface area (Å²) in [4.78, 5) is 23.9. The van der Waals surface area contributed by atoms with Crippen molar-refractivity contribution >= 4 is 64.0 Å². The second-order valence-electron chi connectivity index (χ2n) is 4.84. The minimum atomic E-state index is -0.726. The molecular formula is C16H11Cl4NO3. The Kier molecular flexibility index (Phi) is 6.35. The molecule has 0 bridgehead atoms. The summed E-state index contributed by atoms with van der Waals surface area (Å²) >= 11 is 23.7. The number of rotatable bonds is 4. The van der Waals surface area contributed by atoms with Crippen LogP contribution in [0.4, 0.5) is 5.69 Å². The van der Waals surface area contributed by atoms with Gasteiger partial charge in [-0.05, 0) is 36.8 Å². The molecule has 0 spiro atoms. The summed E-state index contributed by atoms with van der Waals surface area (Å²) in [7, 11) is 0. The van der Waals surface area contributed by atoms with Crippen LogP contribution >= 0.6 is 46.4 Å². The Morgan fingerprint density at radius 2 is 1.67 bits per heavy atom. The number of hydrogen-bond donors (Lipinski definition) is 1. The number of carbonyl (C=O) groups is 2. The molecule has 2 aromatic carbocycles. The molecule has 0 saturated carbocycles. The van der Waals surface area contributed by atoms with Gasteiger partial charge >= 0.3 is 5.97 Å². The molecule has 0 aromatic heterocycles. The number of esters is 1. The molecule has 0 fully saturated rings. The lowest BCUT2D eigenvalue weighted by Gasteiger charge is -2.11. The molecule has 0 aliphatic carbocycles. The lowest BCUT2D eigenvalue weighted by molar-refractivity contribution is -0.119. The average molecular weight is 407 g/mol. The van der Waals surface area contributed by atoms with Gasteiger partial charge in [0.25, 0.3) is 5.91 Å². The van der Waals surface area contributed by atoms with Crippen LogP contribution in [0.1, 0.15) is 15.9 Å². The minimum absolute atomic E-state index is 0.145. The Morgan fingerprint density at radius 3 is 2.29 bits per heavy atom. The molecule has 2 rings (SSSR count). The maximum Gasteiger partial charge on any atom is 0.338 e. The largest absolute Gasteiger partial charge is 0.452 e. The number of aryl methyl sites for hydroxylation is 1. The fourth-order valence-electron chi connectivity index (χ4n) is 1.83. The number of halogens is 4. The van der Waals surface area contributed by atoms with Crippen LogP contribution in [0.25, 0.3) is 0 Å². The van der Waals surface area contributed by atoms with Crippen LogP contribution in [0.3, 0.4) is 0 Å². The van der Waals surface area contributed by atoms with E-state index in [0.29, 0.717) is 5.02 Å². The van der Waals surface area contributed by atoms with Gasteiger partial charge in [0, 0.05) is 10.0 Å². The fourth-order valence-corrected chi connectivity index (χ4v) is 2.82. The average Bonchev–Trinajstić information content (AvgIpc) is 2.52. The Balaban J connectivity index is 2.01. The van der Waals surface area contributed by atoms with Gasteiger partial charge in [-0.3, -0.25) is 4.79 Å². The lowest BCUT2D eigenvalue weighted by atomic mass is 10.2. The Bertz CT molecular complexity index is 788. The summed E-state index contributed by atoms with van der Waals surface area (Å²) < 4.78 is 4.93. The molecule has 1 N–H and O–H groups in total. The standard InChI is InChI=1S/C16H11Cl4NO3/c1-8-2-3-12(19)15(14(8)20)21-13(22)7-24-16(23)9-4-10(17)6-11(18)5-9/h2-6H,7H2,1H3,(H,21,22). The van der Waals surface area contributed by atoms with Crippen LogP contribution in [-0.2, 0) is 9.53 Å². The Labute approximate surface area is 158 Å². The first-order valence-corrected chi connectivity index (χ1v) is 8.17. The van der Waals surface area contributed by atoms with Crippen molar-refractivity contribution in [2.75, 3.05) is 11.9 Å². The van der Waals surface area contributed by atoms with Gasteiger partial charge in [-0.1, -0.05) is 52.5 Å². The van der Waals surface area contributed by atoms with E-state index in [-0.39, 0.29) is 26.3 Å². The van der Waals surface area contributed by atoms with Crippen molar-refractivity contribution in [3.8, 4) is 0 Å². The summed E-state index contributed by atoms with van der Waals surface area (Å²) in [5.41, 5.74) is 1.17. The monoisotopic (exact) mass is 405 g/mol. The second kappa shape index (κ2) is 8.08. The first kappa shape index (κ1) is 18.9. The number of anilines is 1. The maximum absolute atomic E-state index is 11.9. The van der Waals surface area contributed by atoms with Gasteiger partial charge < -0.3 is 10.1 Å². The highest BCUT2D eigenvalue weighted by atomic mass is 35.5. The first-order valence-electron chi connectivity index (χ1n) is 6.65. The highest BCUT2D eigenvalue weighted by molar-refractivity contribution is 6.40. The molecule has 0 heterocycles. The number of amides is 1. The summed E-state index contributed by atoms with van der Waals surface area (Å²) in [6.07, 6.45) is 0. The third kappa shape index (κ3) is 4.77. The van der Waals surface area contributed by atoms with E-state index in [0.717, 1.165) is 5.56 Å². The van der Waals surface area contributed by atoms with E-state index in [1.165, 1.54) is 18.2 Å². The van der Waals surface area contributed by atoms with Crippen molar-refractivity contribution in [1.29, 1.82) is 0 Å². The minimum Gasteiger partial charge on any atom is -0.452 e. The number of benzene rings is 2. The summed E-state index contributed by atoms with van der Waals surface area (Å²) in [5, 5.41) is 3.70. The third-order valence-corrected chi connectivity index (χ3v) is 4.22. The van der Waals surface area contributed by atoms with Crippen molar-refractivity contribution in [2.24, 2.45) is 0 Å². The Morgan fingerprint density at radius 1 is 1.04 bits per heavy atom. The molecule has 0 radical (unpaired) electrons. The third-order valence-electron chi connectivity index (χ3n) is 2.98. The van der Waals surface area contributed by atoms with Crippen molar-refractivity contribution in [2.45, 2.75) is 6.92 Å². The van der Waals surface area contributed by atoms with Gasteiger partial charge in [0.05, 0.1) is 21.3 Å². The zero-order chi connectivity index (χ0) is 17.9. The molecule has 8 heteroatoms. The molecule has 0 saturated heterocycles. The van der Waals surface area contributed by atoms with Crippen LogP contribution in [0.5, 0.6) is 0 Å². The summed E-state index contributed by atoms with van der Waals surface area (Å²) in [5.74, 6) is -1.30. The molecular weight excluding hydrogens is 396 g/mol. The topological polar surface area (TPSA) is 55.4 Å². The molecule has 0 atom stereocenters. The van der Waals surface area contributed by atoms with E-state index in [1.54, 1.807) is 19.1 Å². The predicted molar refractivity (Wildman–Crippen MR) is 96.6 cm³/mol. The smallest absolute Gasteiger partial charge is 0.338 e. The van der Waals surface area contributed by atoms with Crippen LogP contribution in [0.2, 0.25) is 20.1 Å². The first-order chi connectivity index (χ1) is 11.3. The van der Waals surface area contributed by atoms with Crippen LogP contribution in [0.15, 0.2) is 30.3 Å². The molecule has 24 heavy (non-hydrogen) atoms. The molecule has 0 aliphatic rings.